The summed E-state index contributed by atoms with van der Waals surface area (Å²) in [6, 6.07) is 18.2. The van der Waals surface area contributed by atoms with Crippen LogP contribution in [-0.4, -0.2) is 28.9 Å². The van der Waals surface area contributed by atoms with Crippen molar-refractivity contribution in [1.29, 1.82) is 5.26 Å². The van der Waals surface area contributed by atoms with Crippen molar-refractivity contribution in [2.75, 3.05) is 7.05 Å². The second-order valence-electron chi connectivity index (χ2n) is 7.44. The minimum atomic E-state index is -0.933. The number of rotatable bonds is 3. The number of benzene rings is 2. The summed E-state index contributed by atoms with van der Waals surface area (Å²) in [7, 11) is 1.60. The van der Waals surface area contributed by atoms with Gasteiger partial charge in [0.05, 0.1) is 17.6 Å². The molecule has 0 bridgehead atoms. The zero-order valence-corrected chi connectivity index (χ0v) is 17.4. The quantitative estimate of drug-likeness (QED) is 0.678. The maximum absolute atomic E-state index is 13.2. The van der Waals surface area contributed by atoms with Crippen LogP contribution in [0.5, 0.6) is 5.75 Å². The molecule has 4 rings (SSSR count). The molecule has 1 amide bonds. The van der Waals surface area contributed by atoms with Crippen molar-refractivity contribution in [1.82, 2.24) is 4.90 Å². The molecule has 0 spiro atoms. The van der Waals surface area contributed by atoms with E-state index < -0.39 is 11.5 Å². The van der Waals surface area contributed by atoms with Crippen LogP contribution >= 0.6 is 11.3 Å². The van der Waals surface area contributed by atoms with Crippen molar-refractivity contribution in [2.45, 2.75) is 18.4 Å². The third-order valence-electron chi connectivity index (χ3n) is 5.46. The van der Waals surface area contributed by atoms with Crippen LogP contribution in [0.25, 0.3) is 11.1 Å². The number of carbonyl (C=O) groups excluding carboxylic acids is 1. The molecule has 1 aromatic heterocycles. The van der Waals surface area contributed by atoms with Gasteiger partial charge in [0.2, 0.25) is 5.91 Å². The summed E-state index contributed by atoms with van der Waals surface area (Å²) in [5.74, 6) is -0.579. The van der Waals surface area contributed by atoms with Crippen LogP contribution in [0.15, 0.2) is 65.0 Å². The van der Waals surface area contributed by atoms with Gasteiger partial charge in [-0.2, -0.15) is 5.26 Å². The number of phenolic OH excluding ortho intramolecular Hbond substituents is 1. The van der Waals surface area contributed by atoms with Gasteiger partial charge < -0.3 is 10.8 Å². The molecule has 6 nitrogen and oxygen atoms in total. The molecular formula is C23H20N4O2S. The number of nitriles is 1. The number of nitrogens with two attached hydrogens (primary N) is 1. The monoisotopic (exact) mass is 416 g/mol. The number of aromatic hydroxyl groups is 1. The maximum Gasteiger partial charge on any atom is 0.239 e. The molecular weight excluding hydrogens is 396 g/mol. The van der Waals surface area contributed by atoms with Crippen LogP contribution in [0, 0.1) is 11.3 Å². The Balaban J connectivity index is 1.85. The summed E-state index contributed by atoms with van der Waals surface area (Å²) in [6.07, 6.45) is 0. The average Bonchev–Trinajstić information content (AvgIpc) is 3.23. The van der Waals surface area contributed by atoms with Gasteiger partial charge in [-0.15, -0.1) is 11.3 Å². The average molecular weight is 417 g/mol. The summed E-state index contributed by atoms with van der Waals surface area (Å²) in [5.41, 5.74) is 8.27. The first-order valence-electron chi connectivity index (χ1n) is 9.35. The zero-order chi connectivity index (χ0) is 21.5. The molecule has 150 valence electrons. The highest BCUT2D eigenvalue weighted by Gasteiger charge is 2.48. The molecule has 7 heteroatoms. The van der Waals surface area contributed by atoms with Gasteiger partial charge in [-0.05, 0) is 59.3 Å². The Morgan fingerprint density at radius 2 is 1.97 bits per heavy atom. The van der Waals surface area contributed by atoms with Crippen molar-refractivity contribution >= 4 is 23.2 Å². The van der Waals surface area contributed by atoms with E-state index in [9.17, 15) is 15.2 Å². The fraction of sp³-hybridized carbons (Fsp3) is 0.174. The lowest BCUT2D eigenvalue weighted by molar-refractivity contribution is -0.130. The summed E-state index contributed by atoms with van der Waals surface area (Å²) in [4.78, 5) is 20.2. The first kappa shape index (κ1) is 19.7. The predicted octanol–water partition coefficient (Wildman–Crippen LogP) is 3.78. The molecule has 2 atom stereocenters. The molecule has 0 radical (unpaired) electrons. The summed E-state index contributed by atoms with van der Waals surface area (Å²) in [6.45, 7) is 1.89. The van der Waals surface area contributed by atoms with Gasteiger partial charge in [-0.25, -0.2) is 4.99 Å². The van der Waals surface area contributed by atoms with Crippen molar-refractivity contribution in [2.24, 2.45) is 10.7 Å². The normalized spacial score (nSPS) is 21.2. The van der Waals surface area contributed by atoms with Gasteiger partial charge in [0, 0.05) is 11.9 Å². The summed E-state index contributed by atoms with van der Waals surface area (Å²) >= 11 is 1.49. The molecule has 0 fully saturated rings. The number of guanidine groups is 1. The lowest BCUT2D eigenvalue weighted by Gasteiger charge is -2.40. The lowest BCUT2D eigenvalue weighted by Crippen LogP contribution is -2.52. The molecule has 2 heterocycles. The Morgan fingerprint density at radius 3 is 2.70 bits per heavy atom. The van der Waals surface area contributed by atoms with Crippen molar-refractivity contribution < 1.29 is 9.90 Å². The number of likely N-dealkylation sites (N-methyl/N-ethyl adjacent to an activating group) is 1. The standard InChI is InChI=1S/C23H20N4O2S/c1-23(19-11-17(13-30-19)15-6-3-5-14(9-15)12-24)20(16-7-4-8-18(28)10-16)21(29)27(2)22(25)26-23/h3-11,13,20,28H,1-2H3,(H2,25,26)/t20-,23+/m0/s1. The van der Waals surface area contributed by atoms with E-state index in [0.29, 0.717) is 11.1 Å². The number of aliphatic imine (C=N–C) groups is 1. The summed E-state index contributed by atoms with van der Waals surface area (Å²) in [5, 5.41) is 21.2. The second-order valence-corrected chi connectivity index (χ2v) is 8.35. The third-order valence-corrected chi connectivity index (χ3v) is 6.61. The number of amides is 1. The molecule has 30 heavy (non-hydrogen) atoms. The number of hydrogen-bond donors (Lipinski definition) is 2. The second kappa shape index (κ2) is 7.32. The molecule has 0 unspecified atom stereocenters. The van der Waals surface area contributed by atoms with Crippen molar-refractivity contribution in [3.05, 3.63) is 76.0 Å². The first-order chi connectivity index (χ1) is 14.3. The predicted molar refractivity (Wildman–Crippen MR) is 117 cm³/mol. The van der Waals surface area contributed by atoms with Gasteiger partial charge in [0.15, 0.2) is 5.96 Å². The summed E-state index contributed by atoms with van der Waals surface area (Å²) < 4.78 is 0. The molecule has 0 saturated carbocycles. The highest BCUT2D eigenvalue weighted by molar-refractivity contribution is 7.10. The van der Waals surface area contributed by atoms with Gasteiger partial charge in [0.25, 0.3) is 0 Å². The lowest BCUT2D eigenvalue weighted by atomic mass is 9.77. The number of thiophene rings is 1. The SMILES string of the molecule is CN1C(=O)[C@H](c2cccc(O)c2)[C@@](C)(c2cc(-c3cccc(C#N)c3)cs2)N=C1N. The Morgan fingerprint density at radius 1 is 1.20 bits per heavy atom. The smallest absolute Gasteiger partial charge is 0.239 e. The van der Waals surface area contributed by atoms with Gasteiger partial charge >= 0.3 is 0 Å². The van der Waals surface area contributed by atoms with E-state index in [1.165, 1.54) is 16.2 Å². The minimum absolute atomic E-state index is 0.0908. The molecule has 3 N–H and O–H groups in total. The van der Waals surface area contributed by atoms with Crippen LogP contribution in [0.2, 0.25) is 0 Å². The van der Waals surface area contributed by atoms with Crippen LogP contribution < -0.4 is 5.73 Å². The molecule has 2 aromatic carbocycles. The molecule has 3 aromatic rings. The van der Waals surface area contributed by atoms with Gasteiger partial charge in [-0.1, -0.05) is 24.3 Å². The van der Waals surface area contributed by atoms with Crippen LogP contribution in [0.1, 0.15) is 28.8 Å². The van der Waals surface area contributed by atoms with E-state index in [4.69, 9.17) is 10.7 Å². The third kappa shape index (κ3) is 3.21. The van der Waals surface area contributed by atoms with Crippen molar-refractivity contribution in [3.63, 3.8) is 0 Å². The minimum Gasteiger partial charge on any atom is -0.508 e. The Labute approximate surface area is 178 Å². The topological polar surface area (TPSA) is 103 Å². The van der Waals surface area contributed by atoms with Crippen LogP contribution in [0.3, 0.4) is 0 Å². The number of hydrogen-bond acceptors (Lipinski definition) is 6. The van der Waals surface area contributed by atoms with E-state index in [0.717, 1.165) is 16.0 Å². The molecule has 1 aliphatic rings. The molecule has 0 saturated heterocycles. The fourth-order valence-corrected chi connectivity index (χ4v) is 4.87. The Hall–Kier alpha value is -3.63. The Kier molecular flexibility index (Phi) is 4.80. The Bertz CT molecular complexity index is 1210. The van der Waals surface area contributed by atoms with E-state index in [2.05, 4.69) is 6.07 Å². The largest absolute Gasteiger partial charge is 0.508 e. The van der Waals surface area contributed by atoms with E-state index >= 15 is 0 Å². The highest BCUT2D eigenvalue weighted by atomic mass is 32.1. The number of carbonyl (C=O) groups is 1. The maximum atomic E-state index is 13.2. The zero-order valence-electron chi connectivity index (χ0n) is 16.5. The number of nitrogens with zero attached hydrogens (tertiary/aromatic N) is 3. The fourth-order valence-electron chi connectivity index (χ4n) is 3.81. The van der Waals surface area contributed by atoms with Crippen LogP contribution in [0.4, 0.5) is 0 Å². The first-order valence-corrected chi connectivity index (χ1v) is 10.2. The van der Waals surface area contributed by atoms with Gasteiger partial charge in [-0.3, -0.25) is 9.69 Å². The molecule has 1 aliphatic heterocycles. The van der Waals surface area contributed by atoms with E-state index in [-0.39, 0.29) is 17.6 Å². The van der Waals surface area contributed by atoms with E-state index in [1.807, 2.05) is 42.6 Å². The van der Waals surface area contributed by atoms with Crippen LogP contribution in [-0.2, 0) is 10.3 Å². The molecule has 0 aliphatic carbocycles. The number of phenols is 1. The van der Waals surface area contributed by atoms with Gasteiger partial charge in [0.1, 0.15) is 11.3 Å². The van der Waals surface area contributed by atoms with E-state index in [1.54, 1.807) is 31.3 Å². The highest BCUT2D eigenvalue weighted by Crippen LogP contribution is 2.47. The van der Waals surface area contributed by atoms with Crippen molar-refractivity contribution in [3.8, 4) is 22.9 Å².